The number of alkyl halides is 3. The summed E-state index contributed by atoms with van der Waals surface area (Å²) in [5.74, 6) is -12.4. The van der Waals surface area contributed by atoms with Crippen LogP contribution >= 0.6 is 0 Å². The monoisotopic (exact) mass is 1540 g/mol. The van der Waals surface area contributed by atoms with E-state index in [1.165, 1.54) is 59.0 Å². The van der Waals surface area contributed by atoms with E-state index in [2.05, 4.69) is 31.9 Å². The Balaban J connectivity index is 2.07. The number of piperidine rings is 1. The number of nitrogens with one attached hydrogen (secondary N) is 6. The van der Waals surface area contributed by atoms with Gasteiger partial charge in [-0.25, -0.2) is 0 Å². The molecule has 0 aromatic heterocycles. The maximum Gasteiger partial charge on any atom is 0.416 e. The highest BCUT2D eigenvalue weighted by Crippen LogP contribution is 2.30. The van der Waals surface area contributed by atoms with Crippen LogP contribution in [-0.4, -0.2) is 251 Å². The fourth-order valence-corrected chi connectivity index (χ4v) is 13.8. The molecular formula is C79H124F3N13O14. The first-order chi connectivity index (χ1) is 51.1. The number of nitrogens with zero attached hydrogens (tertiary/aromatic N) is 7. The lowest BCUT2D eigenvalue weighted by molar-refractivity contribution is -0.151. The molecule has 2 aliphatic rings. The fraction of sp³-hybridized carbons (Fsp3) is 0.684. The minimum absolute atomic E-state index is 0.00404. The third-order valence-corrected chi connectivity index (χ3v) is 20.4. The van der Waals surface area contributed by atoms with E-state index in [9.17, 15) is 37.5 Å². The molecule has 2 aromatic rings. The smallest absolute Gasteiger partial charge is 0.391 e. The molecule has 27 nitrogen and oxygen atoms in total. The van der Waals surface area contributed by atoms with Gasteiger partial charge in [0.15, 0.2) is 0 Å². The van der Waals surface area contributed by atoms with E-state index in [1.807, 2.05) is 6.92 Å². The van der Waals surface area contributed by atoms with E-state index in [-0.39, 0.29) is 80.7 Å². The van der Waals surface area contributed by atoms with E-state index in [0.29, 0.717) is 50.8 Å². The van der Waals surface area contributed by atoms with Crippen LogP contribution in [0.4, 0.5) is 13.2 Å². The maximum absolute atomic E-state index is 15.7. The number of amides is 13. The number of hydrogen-bond acceptors (Lipinski definition) is 14. The first-order valence-corrected chi connectivity index (χ1v) is 38.6. The Kier molecular flexibility index (Phi) is 37.1. The predicted molar refractivity (Wildman–Crippen MR) is 407 cm³/mol. The van der Waals surface area contributed by atoms with Gasteiger partial charge in [0.2, 0.25) is 76.8 Å². The summed E-state index contributed by atoms with van der Waals surface area (Å²) in [5, 5.41) is 27.8. The van der Waals surface area contributed by atoms with Crippen molar-refractivity contribution < 1.29 is 80.6 Å². The second-order valence-corrected chi connectivity index (χ2v) is 31.2. The molecule has 2 fully saturated rings. The quantitative estimate of drug-likeness (QED) is 0.0794. The van der Waals surface area contributed by atoms with Crippen LogP contribution in [0.15, 0.2) is 54.6 Å². The van der Waals surface area contributed by atoms with E-state index in [1.54, 1.807) is 99.6 Å². The number of likely N-dealkylation sites (tertiary alicyclic amines) is 1. The summed E-state index contributed by atoms with van der Waals surface area (Å²) >= 11 is 0. The highest BCUT2D eigenvalue weighted by atomic mass is 19.4. The van der Waals surface area contributed by atoms with Gasteiger partial charge in [-0.3, -0.25) is 62.3 Å². The van der Waals surface area contributed by atoms with Crippen LogP contribution < -0.4 is 31.9 Å². The Morgan fingerprint density at radius 3 is 1.52 bits per heavy atom. The van der Waals surface area contributed by atoms with Crippen LogP contribution in [-0.2, 0) is 81.3 Å². The van der Waals surface area contributed by atoms with Gasteiger partial charge < -0.3 is 71.3 Å². The first-order valence-electron chi connectivity index (χ1n) is 38.6. The van der Waals surface area contributed by atoms with E-state index in [4.69, 9.17) is 0 Å². The fourth-order valence-electron chi connectivity index (χ4n) is 13.8. The maximum atomic E-state index is 15.7. The molecule has 0 spiro atoms. The molecule has 13 amide bonds. The van der Waals surface area contributed by atoms with Gasteiger partial charge in [0.1, 0.15) is 60.4 Å². The molecule has 0 radical (unpaired) electrons. The van der Waals surface area contributed by atoms with Crippen molar-refractivity contribution in [2.24, 2.45) is 29.6 Å². The van der Waals surface area contributed by atoms with Gasteiger partial charge in [-0.1, -0.05) is 131 Å². The SMILES string of the molecule is CCCCN1CC(=O)N(C)[C@@H](CC(C)C)C(=O)N[C@@H](CCC(=O)NC)C(=O)N(C)[C@@H](Cc2ccccc2)C(=O)N(C)[C@@H]([C@@H](C)CC)C(=O)N[C@H](C(=O)N2CCCCC2)CC(=O)N[C@H](CC(C)C)C(=O)N(C)[C@@H](CC(C)C)C(=O)N[C@@H](Cc2ccc(C(F)(F)F)cc2)C(=O)N(C)[C@@H](CC(C)C)C(=O)N[C@@H]([C@@H](C)O)C1=O. The number of unbranched alkanes of at least 4 members (excludes halogenated alkanes) is 1. The van der Waals surface area contributed by atoms with Gasteiger partial charge in [0.05, 0.1) is 24.6 Å². The number of carbonyl (C=O) groups is 13. The van der Waals surface area contributed by atoms with Gasteiger partial charge in [0.25, 0.3) is 0 Å². The van der Waals surface area contributed by atoms with Crippen molar-refractivity contribution in [2.45, 2.75) is 252 Å². The third-order valence-electron chi connectivity index (χ3n) is 20.4. The number of aliphatic hydroxyl groups excluding tert-OH is 1. The molecule has 30 heteroatoms. The summed E-state index contributed by atoms with van der Waals surface area (Å²) in [7, 11) is 8.07. The van der Waals surface area contributed by atoms with Crippen LogP contribution in [0, 0.1) is 29.6 Å². The number of benzene rings is 2. The third kappa shape index (κ3) is 27.7. The Labute approximate surface area is 642 Å². The zero-order valence-corrected chi connectivity index (χ0v) is 67.4. The number of aliphatic hydroxyl groups is 1. The molecule has 4 rings (SSSR count). The number of halogens is 3. The van der Waals surface area contributed by atoms with Crippen molar-refractivity contribution in [3.05, 3.63) is 71.3 Å². The van der Waals surface area contributed by atoms with Crippen molar-refractivity contribution in [3.8, 4) is 0 Å². The van der Waals surface area contributed by atoms with Crippen molar-refractivity contribution in [1.82, 2.24) is 66.2 Å². The van der Waals surface area contributed by atoms with Crippen LogP contribution in [0.5, 0.6) is 0 Å². The second-order valence-electron chi connectivity index (χ2n) is 31.2. The van der Waals surface area contributed by atoms with Crippen LogP contribution in [0.3, 0.4) is 0 Å². The summed E-state index contributed by atoms with van der Waals surface area (Å²) in [6.45, 7) is 20.6. The van der Waals surface area contributed by atoms with E-state index < -0.39 is 180 Å². The van der Waals surface area contributed by atoms with Crippen LogP contribution in [0.2, 0.25) is 0 Å². The minimum Gasteiger partial charge on any atom is -0.391 e. The molecule has 0 unspecified atom stereocenters. The van der Waals surface area contributed by atoms with Crippen LogP contribution in [0.1, 0.15) is 183 Å². The minimum atomic E-state index is -4.74. The van der Waals surface area contributed by atoms with Crippen LogP contribution in [0.25, 0.3) is 0 Å². The zero-order valence-electron chi connectivity index (χ0n) is 67.4. The van der Waals surface area contributed by atoms with Crippen molar-refractivity contribution >= 4 is 76.8 Å². The molecule has 109 heavy (non-hydrogen) atoms. The number of hydrogen-bond donors (Lipinski definition) is 7. The second kappa shape index (κ2) is 43.6. The molecule has 12 atom stereocenters. The summed E-state index contributed by atoms with van der Waals surface area (Å²) in [4.78, 5) is 204. The summed E-state index contributed by atoms with van der Waals surface area (Å²) in [6, 6.07) is -2.40. The molecule has 610 valence electrons. The molecule has 2 saturated heterocycles. The van der Waals surface area contributed by atoms with Gasteiger partial charge in [0, 0.05) is 81.2 Å². The number of carbonyl (C=O) groups excluding carboxylic acids is 13. The average molecular weight is 1540 g/mol. The predicted octanol–water partition coefficient (Wildman–Crippen LogP) is 5.23. The molecule has 2 heterocycles. The van der Waals surface area contributed by atoms with Gasteiger partial charge in [-0.15, -0.1) is 0 Å². The van der Waals surface area contributed by atoms with Gasteiger partial charge >= 0.3 is 6.18 Å². The van der Waals surface area contributed by atoms with Gasteiger partial charge in [-0.05, 0) is 118 Å². The molecule has 0 saturated carbocycles. The van der Waals surface area contributed by atoms with Crippen molar-refractivity contribution in [2.75, 3.05) is 68.5 Å². The average Bonchev–Trinajstić information content (AvgIpc) is 0.818. The van der Waals surface area contributed by atoms with E-state index in [0.717, 1.165) is 55.2 Å². The highest BCUT2D eigenvalue weighted by Gasteiger charge is 2.45. The largest absolute Gasteiger partial charge is 0.416 e. The Hall–Kier alpha value is -8.70. The standard InChI is InChI=1S/C79H124F3N13O14/c1-19-21-36-95-46-66(99)89(14)60(40-48(5)6)69(100)85-56(34-35-64(97)83-13)73(104)92(17)63(44-53-28-24-22-25-29-53)77(108)93(18)68(51(11)20-2)72(103)87-59(76(107)94-37-26-23-27-38-94)45-65(98)84-57(39-47(3)4)74(105)90(15)61(41-49(7)8)70(101)86-58(43-54-30-32-55(33-31-54)79(80,81)82)75(106)91(16)62(42-50(9)10)71(102)88-67(52(12)96)78(95)109/h22,24-25,28-33,47-52,56-63,67-68,96H,19-21,23,26-27,34-46H2,1-18H3,(H,83,97)(H,84,98)(H,85,100)(H,86,101)(H,87,103)(H,88,102)/t51-,52+,56-,57+,58-,59-,60-,61-,62-,63-,67-,68-/m0/s1. The number of likely N-dealkylation sites (N-methyl/N-ethyl adjacent to an activating group) is 5. The Bertz CT molecular complexity index is 3390. The molecular weight excluding hydrogens is 1410 g/mol. The van der Waals surface area contributed by atoms with Crippen molar-refractivity contribution in [1.29, 1.82) is 0 Å². The molecule has 7 N–H and O–H groups in total. The Morgan fingerprint density at radius 2 is 1.03 bits per heavy atom. The lowest BCUT2D eigenvalue weighted by Gasteiger charge is -2.38. The first kappa shape index (κ1) is 92.7. The summed E-state index contributed by atoms with van der Waals surface area (Å²) in [6.07, 6.45) is -5.31. The highest BCUT2D eigenvalue weighted by molar-refractivity contribution is 6.00. The summed E-state index contributed by atoms with van der Waals surface area (Å²) < 4.78 is 42.0. The number of rotatable bonds is 22. The normalized spacial score (nSPS) is 24.3. The zero-order chi connectivity index (χ0) is 82.1. The molecule has 0 aliphatic carbocycles. The van der Waals surface area contributed by atoms with E-state index >= 15 is 43.2 Å². The molecule has 0 bridgehead atoms. The molecule has 2 aliphatic heterocycles. The summed E-state index contributed by atoms with van der Waals surface area (Å²) in [5.41, 5.74) is -0.266. The van der Waals surface area contributed by atoms with Gasteiger partial charge in [-0.2, -0.15) is 13.2 Å². The van der Waals surface area contributed by atoms with Crippen molar-refractivity contribution in [3.63, 3.8) is 0 Å². The Morgan fingerprint density at radius 1 is 0.541 bits per heavy atom. The lowest BCUT2D eigenvalue weighted by Crippen LogP contribution is -2.62. The topological polar surface area (TPSA) is 337 Å². The molecule has 2 aromatic carbocycles. The lowest BCUT2D eigenvalue weighted by atomic mass is 9.94.